The highest BCUT2D eigenvalue weighted by Gasteiger charge is 2.26. The molecule has 0 fully saturated rings. The first-order valence-corrected chi connectivity index (χ1v) is 14.3. The minimum atomic E-state index is -0.620. The van der Waals surface area contributed by atoms with Gasteiger partial charge in [-0.2, -0.15) is 0 Å². The highest BCUT2D eigenvalue weighted by molar-refractivity contribution is 9.10. The van der Waals surface area contributed by atoms with E-state index < -0.39 is 11.7 Å². The highest BCUT2D eigenvalue weighted by atomic mass is 79.9. The van der Waals surface area contributed by atoms with Gasteiger partial charge >= 0.3 is 12.1 Å². The van der Waals surface area contributed by atoms with Gasteiger partial charge in [-0.15, -0.1) is 0 Å². The van der Waals surface area contributed by atoms with E-state index in [0.29, 0.717) is 47.9 Å². The molecule has 0 saturated carbocycles. The number of hydrogen-bond acceptors (Lipinski definition) is 6. The number of fused-ring (bicyclic) bond motifs is 1. The van der Waals surface area contributed by atoms with Crippen molar-refractivity contribution in [3.8, 4) is 11.3 Å². The number of aryl methyl sites for hydroxylation is 1. The number of carbonyl (C=O) groups excluding carboxylic acids is 2. The molecule has 0 spiro atoms. The molecule has 4 rings (SSSR count). The van der Waals surface area contributed by atoms with Crippen LogP contribution in [0.25, 0.3) is 22.3 Å². The molecule has 0 aliphatic heterocycles. The lowest BCUT2D eigenvalue weighted by atomic mass is 10.1. The molecular formula is C31H36BrN3O5. The molecule has 0 atom stereocenters. The van der Waals surface area contributed by atoms with E-state index in [4.69, 9.17) is 18.9 Å². The molecule has 9 heteroatoms. The van der Waals surface area contributed by atoms with Gasteiger partial charge in [-0.1, -0.05) is 39.0 Å². The number of esters is 1. The number of carbonyl (C=O) groups is 2. The van der Waals surface area contributed by atoms with Gasteiger partial charge in [0.15, 0.2) is 11.5 Å². The molecule has 212 valence electrons. The number of hydrogen-bond donors (Lipinski definition) is 1. The minimum Gasteiger partial charge on any atom is -0.461 e. The number of benzene rings is 2. The largest absolute Gasteiger partial charge is 0.461 e. The van der Waals surface area contributed by atoms with Crippen LogP contribution in [0, 0.1) is 0 Å². The summed E-state index contributed by atoms with van der Waals surface area (Å²) >= 11 is 3.74. The van der Waals surface area contributed by atoms with Crippen molar-refractivity contribution in [3.05, 3.63) is 69.7 Å². The Morgan fingerprint density at radius 1 is 1.12 bits per heavy atom. The average molecular weight is 611 g/mol. The molecule has 2 heterocycles. The third kappa shape index (κ3) is 6.25. The molecule has 0 radical (unpaired) electrons. The molecule has 0 aliphatic carbocycles. The van der Waals surface area contributed by atoms with Crippen LogP contribution in [-0.2, 0) is 22.4 Å². The van der Waals surface area contributed by atoms with Crippen LogP contribution >= 0.6 is 15.9 Å². The smallest absolute Gasteiger partial charge is 0.412 e. The summed E-state index contributed by atoms with van der Waals surface area (Å²) in [6.07, 6.45) is 0.141. The number of nitrogens with one attached hydrogen (secondary N) is 1. The maximum atomic E-state index is 13.0. The van der Waals surface area contributed by atoms with Crippen molar-refractivity contribution in [2.45, 2.75) is 73.0 Å². The van der Waals surface area contributed by atoms with Crippen molar-refractivity contribution in [1.29, 1.82) is 0 Å². The number of nitrogens with zero attached hydrogens (tertiary/aromatic N) is 2. The van der Waals surface area contributed by atoms with Crippen LogP contribution in [0.2, 0.25) is 0 Å². The second kappa shape index (κ2) is 11.9. The molecular weight excluding hydrogens is 574 g/mol. The standard InChI is InChI=1S/C31H36BrN3O5/c1-8-24-34-26(18(3)4)27(29(36)38-9-2)35(24)17-19-14-15-23-21(16-19)25(32)28(39-23)20-12-10-11-13-22(20)33-30(37)40-31(5,6)7/h10-16,18H,8-9,17H2,1-7H3,(H,33,37). The van der Waals surface area contributed by atoms with Gasteiger partial charge in [0.05, 0.1) is 22.5 Å². The van der Waals surface area contributed by atoms with Crippen molar-refractivity contribution in [3.63, 3.8) is 0 Å². The number of anilines is 1. The van der Waals surface area contributed by atoms with E-state index in [1.54, 1.807) is 13.0 Å². The Kier molecular flexibility index (Phi) is 8.73. The second-order valence-corrected chi connectivity index (χ2v) is 11.6. The third-order valence-electron chi connectivity index (χ3n) is 6.25. The van der Waals surface area contributed by atoms with Crippen molar-refractivity contribution in [2.75, 3.05) is 11.9 Å². The van der Waals surface area contributed by atoms with Crippen LogP contribution < -0.4 is 5.32 Å². The molecule has 0 aliphatic rings. The van der Waals surface area contributed by atoms with Gasteiger partial charge in [0, 0.05) is 23.9 Å². The first-order chi connectivity index (χ1) is 18.9. The maximum absolute atomic E-state index is 13.0. The van der Waals surface area contributed by atoms with Crippen LogP contribution in [0.5, 0.6) is 0 Å². The Morgan fingerprint density at radius 3 is 2.50 bits per heavy atom. The summed E-state index contributed by atoms with van der Waals surface area (Å²) in [5.41, 5.74) is 3.59. The lowest BCUT2D eigenvalue weighted by Crippen LogP contribution is -2.27. The van der Waals surface area contributed by atoms with E-state index in [1.807, 2.05) is 82.5 Å². The van der Waals surface area contributed by atoms with Crippen LogP contribution in [-0.4, -0.2) is 33.8 Å². The Bertz CT molecular complexity index is 1540. The topological polar surface area (TPSA) is 95.6 Å². The first kappa shape index (κ1) is 29.4. The summed E-state index contributed by atoms with van der Waals surface area (Å²) in [7, 11) is 0. The Hall–Kier alpha value is -3.59. The fraction of sp³-hybridized carbons (Fsp3) is 0.387. The Balaban J connectivity index is 1.73. The number of rotatable bonds is 8. The van der Waals surface area contributed by atoms with E-state index in [0.717, 1.165) is 26.9 Å². The zero-order valence-corrected chi connectivity index (χ0v) is 25.6. The summed E-state index contributed by atoms with van der Waals surface area (Å²) in [6.45, 7) is 14.1. The number of para-hydroxylation sites is 1. The zero-order valence-electron chi connectivity index (χ0n) is 24.1. The maximum Gasteiger partial charge on any atom is 0.412 e. The summed E-state index contributed by atoms with van der Waals surface area (Å²) in [5, 5.41) is 3.71. The Labute approximate surface area is 243 Å². The Morgan fingerprint density at radius 2 is 1.85 bits per heavy atom. The van der Waals surface area contributed by atoms with Gasteiger partial charge in [-0.25, -0.2) is 14.6 Å². The van der Waals surface area contributed by atoms with E-state index in [9.17, 15) is 9.59 Å². The third-order valence-corrected chi connectivity index (χ3v) is 7.03. The minimum absolute atomic E-state index is 0.0772. The van der Waals surface area contributed by atoms with E-state index in [1.165, 1.54) is 0 Å². The number of furan rings is 1. The SMILES string of the molecule is CCOC(=O)c1c(C(C)C)nc(CC)n1Cc1ccc2oc(-c3ccccc3NC(=O)OC(C)(C)C)c(Br)c2c1. The fourth-order valence-corrected chi connectivity index (χ4v) is 5.15. The summed E-state index contributed by atoms with van der Waals surface area (Å²) < 4.78 is 19.8. The van der Waals surface area contributed by atoms with E-state index in [2.05, 4.69) is 21.2 Å². The fourth-order valence-electron chi connectivity index (χ4n) is 4.55. The number of ether oxygens (including phenoxy) is 2. The molecule has 1 N–H and O–H groups in total. The number of imidazole rings is 1. The van der Waals surface area contributed by atoms with E-state index >= 15 is 0 Å². The molecule has 1 amide bonds. The molecule has 8 nitrogen and oxygen atoms in total. The lowest BCUT2D eigenvalue weighted by Gasteiger charge is -2.20. The van der Waals surface area contributed by atoms with Crippen molar-refractivity contribution < 1.29 is 23.5 Å². The summed E-state index contributed by atoms with van der Waals surface area (Å²) in [6, 6.07) is 13.4. The molecule has 2 aromatic carbocycles. The van der Waals surface area contributed by atoms with Crippen LogP contribution in [0.1, 0.15) is 82.0 Å². The van der Waals surface area contributed by atoms with Crippen molar-refractivity contribution in [1.82, 2.24) is 9.55 Å². The van der Waals surface area contributed by atoms with Crippen LogP contribution in [0.3, 0.4) is 0 Å². The van der Waals surface area contributed by atoms with Crippen LogP contribution in [0.15, 0.2) is 51.4 Å². The second-order valence-electron chi connectivity index (χ2n) is 10.8. The van der Waals surface area contributed by atoms with Gasteiger partial charge < -0.3 is 18.5 Å². The normalized spacial score (nSPS) is 11.7. The van der Waals surface area contributed by atoms with Gasteiger partial charge in [-0.3, -0.25) is 5.32 Å². The van der Waals surface area contributed by atoms with Crippen LogP contribution in [0.4, 0.5) is 10.5 Å². The number of amides is 1. The van der Waals surface area contributed by atoms with Crippen molar-refractivity contribution >= 4 is 44.6 Å². The molecule has 2 aromatic heterocycles. The predicted octanol–water partition coefficient (Wildman–Crippen LogP) is 8.32. The summed E-state index contributed by atoms with van der Waals surface area (Å²) in [4.78, 5) is 30.3. The molecule has 40 heavy (non-hydrogen) atoms. The average Bonchev–Trinajstić information content (AvgIpc) is 3.41. The van der Waals surface area contributed by atoms with Crippen molar-refractivity contribution in [2.24, 2.45) is 0 Å². The number of halogens is 1. The van der Waals surface area contributed by atoms with Gasteiger partial charge in [-0.05, 0) is 79.4 Å². The molecule has 0 bridgehead atoms. The number of aromatic nitrogens is 2. The molecule has 0 saturated heterocycles. The van der Waals surface area contributed by atoms with Gasteiger partial charge in [0.2, 0.25) is 0 Å². The highest BCUT2D eigenvalue weighted by Crippen LogP contribution is 2.41. The van der Waals surface area contributed by atoms with Gasteiger partial charge in [0.25, 0.3) is 0 Å². The molecule has 4 aromatic rings. The quantitative estimate of drug-likeness (QED) is 0.202. The predicted molar refractivity (Wildman–Crippen MR) is 160 cm³/mol. The monoisotopic (exact) mass is 609 g/mol. The first-order valence-electron chi connectivity index (χ1n) is 13.5. The zero-order chi connectivity index (χ0) is 29.2. The summed E-state index contributed by atoms with van der Waals surface area (Å²) in [5.74, 6) is 1.14. The molecule has 0 unspecified atom stereocenters. The lowest BCUT2D eigenvalue weighted by molar-refractivity contribution is 0.0511. The van der Waals surface area contributed by atoms with E-state index in [-0.39, 0.29) is 11.9 Å². The van der Waals surface area contributed by atoms with Gasteiger partial charge in [0.1, 0.15) is 17.0 Å².